The van der Waals surface area contributed by atoms with E-state index in [1.54, 1.807) is 32.7 Å². The summed E-state index contributed by atoms with van der Waals surface area (Å²) in [7, 11) is 5.20. The molecule has 3 aromatic heterocycles. The molecule has 0 saturated heterocycles. The predicted octanol–water partition coefficient (Wildman–Crippen LogP) is 2.38. The molecule has 4 saturated carbocycles. The van der Waals surface area contributed by atoms with Crippen LogP contribution in [-0.2, 0) is 17.3 Å². The van der Waals surface area contributed by atoms with Crippen LogP contribution in [0.4, 0.5) is 11.4 Å². The Kier molecular flexibility index (Phi) is 4.46. The standard InChI is InChI=1S/C24H29N7O3/c1-5-20(32)29(3)15-6-16(7-15)30-13-17(26-18-12-28(2)27-22(18)34-4)21-25-11-19(31(21)23(30)33)24-8-14(9-24)10-24/h5,11-16,26H,1,6-10H2,2-4H3. The molecule has 2 bridgehead atoms. The lowest BCUT2D eigenvalue weighted by Gasteiger charge is -2.61. The molecule has 1 N–H and O–H groups in total. The summed E-state index contributed by atoms with van der Waals surface area (Å²) in [5.41, 5.74) is 3.07. The van der Waals surface area contributed by atoms with Gasteiger partial charge in [-0.05, 0) is 44.1 Å². The predicted molar refractivity (Wildman–Crippen MR) is 127 cm³/mol. The first-order valence-electron chi connectivity index (χ1n) is 11.7. The normalized spacial score (nSPS) is 26.9. The lowest BCUT2D eigenvalue weighted by Crippen LogP contribution is -2.56. The van der Waals surface area contributed by atoms with Gasteiger partial charge in [0.2, 0.25) is 5.91 Å². The van der Waals surface area contributed by atoms with E-state index in [1.165, 1.54) is 6.08 Å². The van der Waals surface area contributed by atoms with E-state index in [0.717, 1.165) is 36.6 Å². The highest BCUT2D eigenvalue weighted by molar-refractivity contribution is 5.87. The first kappa shape index (κ1) is 21.0. The molecule has 4 fully saturated rings. The van der Waals surface area contributed by atoms with Crippen molar-refractivity contribution >= 4 is 22.9 Å². The van der Waals surface area contributed by atoms with Crippen molar-refractivity contribution < 1.29 is 9.53 Å². The van der Waals surface area contributed by atoms with Crippen LogP contribution in [-0.4, -0.2) is 54.7 Å². The molecule has 3 aromatic rings. The van der Waals surface area contributed by atoms with E-state index in [0.29, 0.717) is 30.1 Å². The average molecular weight is 464 g/mol. The zero-order chi connectivity index (χ0) is 23.8. The number of hydrogen-bond donors (Lipinski definition) is 1. The van der Waals surface area contributed by atoms with Gasteiger partial charge in [0, 0.05) is 37.8 Å². The zero-order valence-corrected chi connectivity index (χ0v) is 19.7. The van der Waals surface area contributed by atoms with Crippen LogP contribution in [0.15, 0.2) is 36.0 Å². The summed E-state index contributed by atoms with van der Waals surface area (Å²) in [5.74, 6) is 1.16. The van der Waals surface area contributed by atoms with Crippen molar-refractivity contribution in [3.8, 4) is 5.88 Å². The van der Waals surface area contributed by atoms with Gasteiger partial charge < -0.3 is 15.0 Å². The third-order valence-corrected chi connectivity index (χ3v) is 8.07. The van der Waals surface area contributed by atoms with Crippen molar-refractivity contribution in [3.05, 3.63) is 47.4 Å². The number of ether oxygens (including phenoxy) is 1. The van der Waals surface area contributed by atoms with Crippen molar-refractivity contribution in [2.75, 3.05) is 19.5 Å². The van der Waals surface area contributed by atoms with Crippen LogP contribution in [0.1, 0.15) is 43.8 Å². The molecular formula is C24H29N7O3. The Morgan fingerprint density at radius 1 is 1.29 bits per heavy atom. The molecule has 10 nitrogen and oxygen atoms in total. The van der Waals surface area contributed by atoms with E-state index in [-0.39, 0.29) is 29.1 Å². The fraction of sp³-hybridized carbons (Fsp3) is 0.500. The summed E-state index contributed by atoms with van der Waals surface area (Å²) in [6.45, 7) is 3.58. The van der Waals surface area contributed by atoms with Gasteiger partial charge in [0.25, 0.3) is 5.88 Å². The summed E-state index contributed by atoms with van der Waals surface area (Å²) in [4.78, 5) is 32.2. The smallest absolute Gasteiger partial charge is 0.334 e. The van der Waals surface area contributed by atoms with Crippen LogP contribution in [0, 0.1) is 5.92 Å². The van der Waals surface area contributed by atoms with Gasteiger partial charge in [-0.1, -0.05) is 6.58 Å². The minimum Gasteiger partial charge on any atom is -0.478 e. The van der Waals surface area contributed by atoms with Crippen LogP contribution in [0.25, 0.3) is 5.65 Å². The molecule has 0 radical (unpaired) electrons. The van der Waals surface area contributed by atoms with E-state index in [4.69, 9.17) is 4.74 Å². The number of hydrogen-bond acceptors (Lipinski definition) is 6. The van der Waals surface area contributed by atoms with Crippen molar-refractivity contribution in [2.24, 2.45) is 13.0 Å². The molecule has 34 heavy (non-hydrogen) atoms. The van der Waals surface area contributed by atoms with E-state index >= 15 is 0 Å². The molecule has 0 aliphatic heterocycles. The number of carbonyl (C=O) groups is 1. The maximum atomic E-state index is 13.8. The van der Waals surface area contributed by atoms with Crippen LogP contribution >= 0.6 is 0 Å². The van der Waals surface area contributed by atoms with Crippen LogP contribution in [0.5, 0.6) is 5.88 Å². The Morgan fingerprint density at radius 2 is 2.03 bits per heavy atom. The van der Waals surface area contributed by atoms with Gasteiger partial charge in [0.1, 0.15) is 5.69 Å². The Bertz CT molecular complexity index is 1360. The second-order valence-electron chi connectivity index (χ2n) is 10.1. The molecule has 0 unspecified atom stereocenters. The number of rotatable bonds is 7. The lowest BCUT2D eigenvalue weighted by atomic mass is 9.43. The summed E-state index contributed by atoms with van der Waals surface area (Å²) < 4.78 is 10.7. The number of likely N-dealkylation sites (N-methyl/N-ethyl adjacent to an activating group) is 1. The molecule has 0 aromatic carbocycles. The molecule has 0 atom stereocenters. The highest BCUT2D eigenvalue weighted by Gasteiger charge is 2.59. The third kappa shape index (κ3) is 2.87. The molecule has 7 rings (SSSR count). The van der Waals surface area contributed by atoms with E-state index < -0.39 is 0 Å². The SMILES string of the molecule is C=CC(=O)N(C)C1CC(n2cc(Nc3cn(C)nc3OC)c3ncc(C45CC(C4)C5)n3c2=O)C1. The van der Waals surface area contributed by atoms with Gasteiger partial charge in [-0.25, -0.2) is 14.2 Å². The maximum absolute atomic E-state index is 13.8. The third-order valence-electron chi connectivity index (χ3n) is 8.07. The number of imidazole rings is 1. The molecule has 3 heterocycles. The quantitative estimate of drug-likeness (QED) is 0.540. The number of aromatic nitrogens is 5. The number of nitrogens with zero attached hydrogens (tertiary/aromatic N) is 6. The first-order valence-corrected chi connectivity index (χ1v) is 11.7. The van der Waals surface area contributed by atoms with E-state index in [9.17, 15) is 9.59 Å². The first-order chi connectivity index (χ1) is 16.3. The molecular weight excluding hydrogens is 434 g/mol. The second-order valence-corrected chi connectivity index (χ2v) is 10.1. The summed E-state index contributed by atoms with van der Waals surface area (Å²) >= 11 is 0. The van der Waals surface area contributed by atoms with Crippen molar-refractivity contribution in [2.45, 2.75) is 49.6 Å². The monoisotopic (exact) mass is 463 g/mol. The Morgan fingerprint density at radius 3 is 2.65 bits per heavy atom. The number of anilines is 2. The van der Waals surface area contributed by atoms with Gasteiger partial charge in [-0.3, -0.25) is 14.0 Å². The Balaban J connectivity index is 1.42. The van der Waals surface area contributed by atoms with Gasteiger partial charge >= 0.3 is 5.69 Å². The van der Waals surface area contributed by atoms with Crippen molar-refractivity contribution in [1.29, 1.82) is 0 Å². The lowest BCUT2D eigenvalue weighted by molar-refractivity contribution is -0.129. The molecule has 10 heteroatoms. The number of carbonyl (C=O) groups excluding carboxylic acids is 1. The molecule has 4 aliphatic rings. The minimum atomic E-state index is -0.0993. The number of amides is 1. The molecule has 178 valence electrons. The number of fused-ring (bicyclic) bond motifs is 1. The Hall–Kier alpha value is -3.56. The zero-order valence-electron chi connectivity index (χ0n) is 19.7. The Labute approximate surface area is 196 Å². The van der Waals surface area contributed by atoms with E-state index in [2.05, 4.69) is 22.0 Å². The van der Waals surface area contributed by atoms with Gasteiger partial charge in [-0.15, -0.1) is 5.10 Å². The maximum Gasteiger partial charge on any atom is 0.334 e. The largest absolute Gasteiger partial charge is 0.478 e. The molecule has 0 spiro atoms. The average Bonchev–Trinajstić information content (AvgIpc) is 3.30. The number of aryl methyl sites for hydroxylation is 1. The number of methoxy groups -OCH3 is 1. The van der Waals surface area contributed by atoms with Gasteiger partial charge in [0.15, 0.2) is 5.65 Å². The highest BCUT2D eigenvalue weighted by atomic mass is 16.5. The van der Waals surface area contributed by atoms with Crippen LogP contribution in [0.3, 0.4) is 0 Å². The van der Waals surface area contributed by atoms with Gasteiger partial charge in [-0.2, -0.15) is 0 Å². The molecule has 4 aliphatic carbocycles. The summed E-state index contributed by atoms with van der Waals surface area (Å²) in [6, 6.07) is 0.0920. The topological polar surface area (TPSA) is 98.7 Å². The fourth-order valence-electron chi connectivity index (χ4n) is 5.90. The van der Waals surface area contributed by atoms with Crippen molar-refractivity contribution in [1.82, 2.24) is 28.6 Å². The second kappa shape index (κ2) is 7.22. The van der Waals surface area contributed by atoms with E-state index in [1.807, 2.05) is 25.6 Å². The fourth-order valence-corrected chi connectivity index (χ4v) is 5.90. The summed E-state index contributed by atoms with van der Waals surface area (Å²) in [6.07, 6.45) is 11.7. The van der Waals surface area contributed by atoms with Gasteiger partial charge in [0.05, 0.1) is 30.9 Å². The van der Waals surface area contributed by atoms with Crippen molar-refractivity contribution in [3.63, 3.8) is 0 Å². The highest BCUT2D eigenvalue weighted by Crippen LogP contribution is 2.65. The number of nitrogens with one attached hydrogen (secondary N) is 1. The van der Waals surface area contributed by atoms with Crippen LogP contribution < -0.4 is 15.7 Å². The summed E-state index contributed by atoms with van der Waals surface area (Å²) in [5, 5.41) is 7.73. The molecule has 1 amide bonds. The minimum absolute atomic E-state index is 0.00147. The van der Waals surface area contributed by atoms with Crippen LogP contribution in [0.2, 0.25) is 0 Å².